The molecule has 0 aromatic carbocycles. The largest absolute Gasteiger partial charge is 0.444 e. The van der Waals surface area contributed by atoms with Crippen molar-refractivity contribution in [2.75, 3.05) is 0 Å². The molecule has 1 unspecified atom stereocenters. The van der Waals surface area contributed by atoms with Crippen LogP contribution in [0.1, 0.15) is 84.4 Å². The first-order valence-electron chi connectivity index (χ1n) is 14.4. The monoisotopic (exact) mass is 627 g/mol. The Hall–Kier alpha value is -2.79. The number of ether oxygens (including phenoxy) is 1. The van der Waals surface area contributed by atoms with E-state index in [2.05, 4.69) is 67.3 Å². The SMILES string of the molecule is CC(C)[Si](C(C)C)(C(C)C)n1cc(C(O)c2sc(-c3cc(CNC(=O)OC(C)(C)C)ccn3)nc2Cl)c2cccnc21. The van der Waals surface area contributed by atoms with Crippen LogP contribution in [-0.4, -0.2) is 44.2 Å². The van der Waals surface area contributed by atoms with Crippen LogP contribution in [0.3, 0.4) is 0 Å². The minimum Gasteiger partial charge on any atom is -0.444 e. The van der Waals surface area contributed by atoms with Crippen LogP contribution in [0.15, 0.2) is 42.9 Å². The van der Waals surface area contributed by atoms with E-state index >= 15 is 0 Å². The van der Waals surface area contributed by atoms with Crippen LogP contribution >= 0.6 is 22.9 Å². The molecule has 0 saturated heterocycles. The van der Waals surface area contributed by atoms with Gasteiger partial charge in [-0.3, -0.25) is 4.98 Å². The molecule has 0 radical (unpaired) electrons. The predicted molar refractivity (Wildman–Crippen MR) is 174 cm³/mol. The van der Waals surface area contributed by atoms with Crippen LogP contribution in [0.4, 0.5) is 4.79 Å². The summed E-state index contributed by atoms with van der Waals surface area (Å²) in [5.74, 6) is 0. The Kier molecular flexibility index (Phi) is 9.52. The molecule has 0 aliphatic rings. The zero-order valence-corrected chi connectivity index (χ0v) is 28.5. The molecule has 4 aromatic rings. The van der Waals surface area contributed by atoms with Gasteiger partial charge in [-0.15, -0.1) is 11.3 Å². The number of carbonyl (C=O) groups is 1. The summed E-state index contributed by atoms with van der Waals surface area (Å²) in [7, 11) is -2.14. The Bertz CT molecular complexity index is 1540. The number of hydrogen-bond acceptors (Lipinski definition) is 7. The van der Waals surface area contributed by atoms with E-state index in [-0.39, 0.29) is 11.7 Å². The lowest BCUT2D eigenvalue weighted by Crippen LogP contribution is -2.51. The third-order valence-corrected chi connectivity index (χ3v) is 16.1. The highest BCUT2D eigenvalue weighted by atomic mass is 35.5. The molecule has 11 heteroatoms. The number of rotatable bonds is 9. The summed E-state index contributed by atoms with van der Waals surface area (Å²) in [4.78, 5) is 26.5. The molecule has 1 amide bonds. The molecule has 4 aromatic heterocycles. The lowest BCUT2D eigenvalue weighted by Gasteiger charge is -2.44. The van der Waals surface area contributed by atoms with Gasteiger partial charge in [0, 0.05) is 36.1 Å². The summed E-state index contributed by atoms with van der Waals surface area (Å²) in [6.45, 7) is 19.6. The Balaban J connectivity index is 1.69. The fraction of sp³-hybridized carbons (Fsp3) is 0.484. The van der Waals surface area contributed by atoms with E-state index in [4.69, 9.17) is 21.3 Å². The second kappa shape index (κ2) is 12.4. The Labute approximate surface area is 258 Å². The zero-order chi connectivity index (χ0) is 31.0. The summed E-state index contributed by atoms with van der Waals surface area (Å²) in [6, 6.07) is 7.61. The highest BCUT2D eigenvalue weighted by Crippen LogP contribution is 2.46. The number of fused-ring (bicyclic) bond motifs is 1. The van der Waals surface area contributed by atoms with E-state index in [1.54, 1.807) is 6.20 Å². The van der Waals surface area contributed by atoms with Crippen LogP contribution in [0.5, 0.6) is 0 Å². The zero-order valence-electron chi connectivity index (χ0n) is 25.9. The van der Waals surface area contributed by atoms with E-state index in [9.17, 15) is 9.90 Å². The maximum atomic E-state index is 12.1. The summed E-state index contributed by atoms with van der Waals surface area (Å²) >= 11 is 7.98. The van der Waals surface area contributed by atoms with Crippen molar-refractivity contribution in [1.82, 2.24) is 24.5 Å². The summed E-state index contributed by atoms with van der Waals surface area (Å²) in [5.41, 5.74) is 3.93. The van der Waals surface area contributed by atoms with Crippen LogP contribution in [-0.2, 0) is 11.3 Å². The molecule has 42 heavy (non-hydrogen) atoms. The number of carbonyl (C=O) groups excluding carboxylic acids is 1. The number of alkyl carbamates (subject to hydrolysis) is 1. The van der Waals surface area contributed by atoms with Gasteiger partial charge >= 0.3 is 6.09 Å². The van der Waals surface area contributed by atoms with Gasteiger partial charge in [-0.1, -0.05) is 53.1 Å². The Morgan fingerprint density at radius 2 is 1.76 bits per heavy atom. The highest BCUT2D eigenvalue weighted by Gasteiger charge is 2.46. The van der Waals surface area contributed by atoms with Gasteiger partial charge < -0.3 is 19.4 Å². The molecule has 0 spiro atoms. The van der Waals surface area contributed by atoms with Crippen molar-refractivity contribution in [3.8, 4) is 10.7 Å². The molecular weight excluding hydrogens is 586 g/mol. The molecule has 0 aliphatic heterocycles. The quantitative estimate of drug-likeness (QED) is 0.181. The maximum absolute atomic E-state index is 12.1. The molecule has 4 rings (SSSR count). The number of aromatic nitrogens is 4. The normalized spacial score (nSPS) is 13.4. The molecule has 4 heterocycles. The topological polar surface area (TPSA) is 102 Å². The van der Waals surface area contributed by atoms with Gasteiger partial charge in [0.25, 0.3) is 0 Å². The molecule has 0 aliphatic carbocycles. The van der Waals surface area contributed by atoms with E-state index in [1.807, 2.05) is 51.2 Å². The number of aliphatic hydroxyl groups excluding tert-OH is 1. The van der Waals surface area contributed by atoms with E-state index in [0.717, 1.165) is 22.2 Å². The maximum Gasteiger partial charge on any atom is 0.407 e. The second-order valence-corrected chi connectivity index (χ2v) is 19.8. The molecule has 0 fully saturated rings. The smallest absolute Gasteiger partial charge is 0.407 e. The number of halogens is 1. The summed E-state index contributed by atoms with van der Waals surface area (Å²) in [5, 5.41) is 16.3. The van der Waals surface area contributed by atoms with E-state index < -0.39 is 26.0 Å². The average molecular weight is 628 g/mol. The van der Waals surface area contributed by atoms with Gasteiger partial charge in [-0.2, -0.15) is 0 Å². The van der Waals surface area contributed by atoms with Crippen molar-refractivity contribution >= 4 is 48.3 Å². The van der Waals surface area contributed by atoms with Crippen molar-refractivity contribution in [3.63, 3.8) is 0 Å². The van der Waals surface area contributed by atoms with E-state index in [1.165, 1.54) is 11.3 Å². The van der Waals surface area contributed by atoms with Crippen LogP contribution < -0.4 is 5.32 Å². The molecule has 8 nitrogen and oxygen atoms in total. The Morgan fingerprint density at radius 3 is 2.38 bits per heavy atom. The number of pyridine rings is 2. The van der Waals surface area contributed by atoms with Crippen LogP contribution in [0, 0.1) is 0 Å². The minimum absolute atomic E-state index is 0.242. The second-order valence-electron chi connectivity index (χ2n) is 12.7. The van der Waals surface area contributed by atoms with Crippen LogP contribution in [0.2, 0.25) is 21.8 Å². The molecule has 0 bridgehead atoms. The number of aliphatic hydroxyl groups is 1. The number of nitrogens with zero attached hydrogens (tertiary/aromatic N) is 4. The first kappa shape index (κ1) is 32.1. The minimum atomic E-state index is -2.14. The molecule has 226 valence electrons. The lowest BCUT2D eigenvalue weighted by atomic mass is 10.1. The lowest BCUT2D eigenvalue weighted by molar-refractivity contribution is 0.0523. The van der Waals surface area contributed by atoms with Gasteiger partial charge in [0.2, 0.25) is 0 Å². The van der Waals surface area contributed by atoms with Crippen molar-refractivity contribution in [3.05, 3.63) is 64.0 Å². The number of thiazole rings is 1. The molecule has 1 atom stereocenters. The highest BCUT2D eigenvalue weighted by molar-refractivity contribution is 7.15. The fourth-order valence-corrected chi connectivity index (χ4v) is 14.2. The molecule has 0 saturated carbocycles. The van der Waals surface area contributed by atoms with Crippen molar-refractivity contribution in [2.24, 2.45) is 0 Å². The van der Waals surface area contributed by atoms with Gasteiger partial charge in [-0.25, -0.2) is 14.8 Å². The molecular formula is C31H42ClN5O3SSi. The van der Waals surface area contributed by atoms with Gasteiger partial charge in [0.1, 0.15) is 27.5 Å². The van der Waals surface area contributed by atoms with Crippen molar-refractivity contribution in [1.29, 1.82) is 0 Å². The summed E-state index contributed by atoms with van der Waals surface area (Å²) < 4.78 is 7.75. The van der Waals surface area contributed by atoms with Gasteiger partial charge in [-0.05, 0) is 67.2 Å². The Morgan fingerprint density at radius 1 is 1.10 bits per heavy atom. The first-order chi connectivity index (χ1) is 19.7. The molecule has 2 N–H and O–H groups in total. The third-order valence-electron chi connectivity index (χ3n) is 7.82. The van der Waals surface area contributed by atoms with E-state index in [0.29, 0.717) is 32.2 Å². The standard InChI is InChI=1S/C31H42ClN5O3SSi/c1-18(2)42(19(3)4,20(5)6)37-17-23(22-11-10-13-34-28(22)37)25(38)26-27(32)36-29(41-26)24-15-21(12-14-33-24)16-35-30(39)40-31(7,8)9/h10-15,17-20,25,38H,16H2,1-9H3,(H,35,39). The van der Waals surface area contributed by atoms with Crippen molar-refractivity contribution < 1.29 is 14.6 Å². The van der Waals surface area contributed by atoms with Gasteiger partial charge in [0.15, 0.2) is 8.24 Å². The number of amides is 1. The number of nitrogens with one attached hydrogen (secondary N) is 1. The van der Waals surface area contributed by atoms with Crippen molar-refractivity contribution in [2.45, 2.75) is 97.2 Å². The fourth-order valence-electron chi connectivity index (χ4n) is 6.35. The van der Waals surface area contributed by atoms with Gasteiger partial charge in [0.05, 0.1) is 10.6 Å². The summed E-state index contributed by atoms with van der Waals surface area (Å²) in [6.07, 6.45) is 4.14. The number of hydrogen-bond donors (Lipinski definition) is 2. The third kappa shape index (κ3) is 6.27. The predicted octanol–water partition coefficient (Wildman–Crippen LogP) is 8.34. The first-order valence-corrected chi connectivity index (χ1v) is 17.8. The average Bonchev–Trinajstić information content (AvgIpc) is 3.48. The van der Waals surface area contributed by atoms with Crippen LogP contribution in [0.25, 0.3) is 21.7 Å².